The smallest absolute Gasteiger partial charge is 0.346 e. The van der Waals surface area contributed by atoms with Crippen molar-refractivity contribution >= 4 is 26.7 Å². The number of rotatable bonds is 5. The van der Waals surface area contributed by atoms with Crippen molar-refractivity contribution < 1.29 is 13.2 Å². The molecule has 1 N–H and O–H groups in total. The minimum Gasteiger partial charge on any atom is -0.490 e. The predicted molar refractivity (Wildman–Crippen MR) is 99.0 cm³/mol. The summed E-state index contributed by atoms with van der Waals surface area (Å²) in [6.07, 6.45) is -0.0398. The quantitative estimate of drug-likeness (QED) is 0.733. The highest BCUT2D eigenvalue weighted by Crippen LogP contribution is 2.32. The SMILES string of the molecule is CC(C)Oc1ccc(S(=O)(=O)Nc2nn(C)c(=O)n2C)c2ccccc12. The number of nitrogens with one attached hydrogen (secondary N) is 1. The molecule has 26 heavy (non-hydrogen) atoms. The van der Waals surface area contributed by atoms with E-state index in [4.69, 9.17) is 4.74 Å². The van der Waals surface area contributed by atoms with Gasteiger partial charge in [0.1, 0.15) is 5.75 Å². The normalized spacial score (nSPS) is 11.9. The highest BCUT2D eigenvalue weighted by Gasteiger charge is 2.22. The van der Waals surface area contributed by atoms with Gasteiger partial charge in [-0.3, -0.25) is 4.57 Å². The van der Waals surface area contributed by atoms with Crippen molar-refractivity contribution in [2.75, 3.05) is 4.72 Å². The fourth-order valence-corrected chi connectivity index (χ4v) is 3.90. The number of hydrogen-bond donors (Lipinski definition) is 1. The van der Waals surface area contributed by atoms with E-state index in [1.54, 1.807) is 18.2 Å². The molecular formula is C17H20N4O4S. The Bertz CT molecular complexity index is 1130. The van der Waals surface area contributed by atoms with Crippen molar-refractivity contribution in [1.29, 1.82) is 0 Å². The van der Waals surface area contributed by atoms with E-state index >= 15 is 0 Å². The maximum atomic E-state index is 12.9. The summed E-state index contributed by atoms with van der Waals surface area (Å²) >= 11 is 0. The van der Waals surface area contributed by atoms with E-state index in [0.29, 0.717) is 16.5 Å². The second-order valence-electron chi connectivity index (χ2n) is 6.17. The Balaban J connectivity index is 2.12. The molecule has 0 amide bonds. The van der Waals surface area contributed by atoms with Crippen molar-refractivity contribution in [3.8, 4) is 5.75 Å². The second kappa shape index (κ2) is 6.49. The van der Waals surface area contributed by atoms with Crippen LogP contribution in [0.5, 0.6) is 5.75 Å². The monoisotopic (exact) mass is 376 g/mol. The highest BCUT2D eigenvalue weighted by molar-refractivity contribution is 7.93. The van der Waals surface area contributed by atoms with Crippen LogP contribution in [0.4, 0.5) is 5.95 Å². The van der Waals surface area contributed by atoms with Gasteiger partial charge in [-0.2, -0.15) is 0 Å². The summed E-state index contributed by atoms with van der Waals surface area (Å²) in [4.78, 5) is 11.9. The van der Waals surface area contributed by atoms with Crippen molar-refractivity contribution in [3.05, 3.63) is 46.9 Å². The molecule has 1 aromatic heterocycles. The van der Waals surface area contributed by atoms with Crippen LogP contribution in [0.2, 0.25) is 0 Å². The summed E-state index contributed by atoms with van der Waals surface area (Å²) in [6, 6.07) is 10.2. The zero-order valence-corrected chi connectivity index (χ0v) is 15.7. The first-order valence-corrected chi connectivity index (χ1v) is 9.50. The van der Waals surface area contributed by atoms with Crippen molar-refractivity contribution in [2.24, 2.45) is 14.1 Å². The van der Waals surface area contributed by atoms with Gasteiger partial charge >= 0.3 is 5.69 Å². The lowest BCUT2D eigenvalue weighted by Crippen LogP contribution is -2.22. The zero-order chi connectivity index (χ0) is 19.1. The summed E-state index contributed by atoms with van der Waals surface area (Å²) in [6.45, 7) is 3.81. The molecule has 8 nitrogen and oxygen atoms in total. The van der Waals surface area contributed by atoms with Crippen molar-refractivity contribution in [1.82, 2.24) is 14.3 Å². The molecular weight excluding hydrogens is 356 g/mol. The van der Waals surface area contributed by atoms with E-state index in [2.05, 4.69) is 9.82 Å². The first kappa shape index (κ1) is 18.0. The minimum atomic E-state index is -3.95. The predicted octanol–water partition coefficient (Wildman–Crippen LogP) is 1.86. The van der Waals surface area contributed by atoms with Gasteiger partial charge in [0.05, 0.1) is 11.0 Å². The third-order valence-electron chi connectivity index (χ3n) is 3.85. The van der Waals surface area contributed by atoms with E-state index in [9.17, 15) is 13.2 Å². The number of hydrogen-bond acceptors (Lipinski definition) is 5. The van der Waals surface area contributed by atoms with Gasteiger partial charge < -0.3 is 4.74 Å². The first-order valence-electron chi connectivity index (χ1n) is 8.02. The van der Waals surface area contributed by atoms with Crippen LogP contribution in [-0.4, -0.2) is 28.9 Å². The number of benzene rings is 2. The van der Waals surface area contributed by atoms with Gasteiger partial charge in [-0.15, -0.1) is 5.10 Å². The topological polar surface area (TPSA) is 95.2 Å². The Morgan fingerprint density at radius 3 is 2.31 bits per heavy atom. The fourth-order valence-electron chi connectivity index (χ4n) is 2.66. The third kappa shape index (κ3) is 3.17. The Kier molecular flexibility index (Phi) is 4.49. The number of aryl methyl sites for hydroxylation is 1. The average molecular weight is 376 g/mol. The molecule has 0 saturated carbocycles. The lowest BCUT2D eigenvalue weighted by Gasteiger charge is -2.15. The molecule has 3 aromatic rings. The lowest BCUT2D eigenvalue weighted by molar-refractivity contribution is 0.245. The molecule has 2 aromatic carbocycles. The Morgan fingerprint density at radius 1 is 1.08 bits per heavy atom. The molecule has 0 aliphatic carbocycles. The van der Waals surface area contributed by atoms with Crippen LogP contribution in [0.1, 0.15) is 13.8 Å². The molecule has 0 atom stereocenters. The summed E-state index contributed by atoms with van der Waals surface area (Å²) in [5.41, 5.74) is -0.423. The fraction of sp³-hybridized carbons (Fsp3) is 0.294. The minimum absolute atomic E-state index is 0.0398. The molecule has 0 aliphatic rings. The van der Waals surface area contributed by atoms with Crippen LogP contribution in [-0.2, 0) is 24.1 Å². The maximum absolute atomic E-state index is 12.9. The van der Waals surface area contributed by atoms with E-state index < -0.39 is 15.7 Å². The zero-order valence-electron chi connectivity index (χ0n) is 14.9. The number of fused-ring (bicyclic) bond motifs is 1. The van der Waals surface area contributed by atoms with E-state index in [1.807, 2.05) is 26.0 Å². The van der Waals surface area contributed by atoms with E-state index in [0.717, 1.165) is 9.25 Å². The number of nitrogens with zero attached hydrogens (tertiary/aromatic N) is 3. The molecule has 0 bridgehead atoms. The van der Waals surface area contributed by atoms with Gasteiger partial charge in [0, 0.05) is 24.9 Å². The number of ether oxygens (including phenoxy) is 1. The van der Waals surface area contributed by atoms with Gasteiger partial charge in [-0.1, -0.05) is 24.3 Å². The van der Waals surface area contributed by atoms with Crippen LogP contribution in [0.15, 0.2) is 46.1 Å². The molecule has 0 unspecified atom stereocenters. The first-order chi connectivity index (χ1) is 12.2. The van der Waals surface area contributed by atoms with Crippen LogP contribution in [0.25, 0.3) is 10.8 Å². The second-order valence-corrected chi connectivity index (χ2v) is 7.82. The lowest BCUT2D eigenvalue weighted by atomic mass is 10.1. The van der Waals surface area contributed by atoms with Crippen LogP contribution in [0.3, 0.4) is 0 Å². The Labute approximate surface area is 151 Å². The third-order valence-corrected chi connectivity index (χ3v) is 5.23. The summed E-state index contributed by atoms with van der Waals surface area (Å²) in [7, 11) is -1.05. The van der Waals surface area contributed by atoms with Crippen molar-refractivity contribution in [3.63, 3.8) is 0 Å². The molecule has 138 valence electrons. The molecule has 0 saturated heterocycles. The summed E-state index contributed by atoms with van der Waals surface area (Å²) < 4.78 is 36.2. The molecule has 0 radical (unpaired) electrons. The van der Waals surface area contributed by atoms with Crippen LogP contribution >= 0.6 is 0 Å². The summed E-state index contributed by atoms with van der Waals surface area (Å²) in [5.74, 6) is 0.559. The van der Waals surface area contributed by atoms with Crippen LogP contribution < -0.4 is 15.1 Å². The van der Waals surface area contributed by atoms with Gasteiger partial charge in [-0.05, 0) is 26.0 Å². The summed E-state index contributed by atoms with van der Waals surface area (Å²) in [5, 5.41) is 5.13. The standard InChI is InChI=1S/C17H20N4O4S/c1-11(2)25-14-9-10-15(13-8-6-5-7-12(13)14)26(23,24)19-16-18-21(4)17(22)20(16)3/h5-11H,1-4H3,(H,18,19). The maximum Gasteiger partial charge on any atom is 0.346 e. The van der Waals surface area contributed by atoms with Gasteiger partial charge in [0.25, 0.3) is 10.0 Å². The van der Waals surface area contributed by atoms with Gasteiger partial charge in [0.15, 0.2) is 0 Å². The van der Waals surface area contributed by atoms with Crippen LogP contribution in [0, 0.1) is 0 Å². The van der Waals surface area contributed by atoms with Crippen molar-refractivity contribution in [2.45, 2.75) is 24.8 Å². The number of aromatic nitrogens is 3. The Morgan fingerprint density at radius 2 is 1.73 bits per heavy atom. The average Bonchev–Trinajstić information content (AvgIpc) is 2.81. The highest BCUT2D eigenvalue weighted by atomic mass is 32.2. The van der Waals surface area contributed by atoms with E-state index in [-0.39, 0.29) is 16.9 Å². The molecule has 0 aliphatic heterocycles. The van der Waals surface area contributed by atoms with Gasteiger partial charge in [0.2, 0.25) is 5.95 Å². The van der Waals surface area contributed by atoms with E-state index in [1.165, 1.54) is 20.2 Å². The van der Waals surface area contributed by atoms with Gasteiger partial charge in [-0.25, -0.2) is 22.6 Å². The molecule has 0 fully saturated rings. The molecule has 0 spiro atoms. The largest absolute Gasteiger partial charge is 0.490 e. The number of sulfonamides is 1. The Hall–Kier alpha value is -2.81. The molecule has 9 heteroatoms. The number of anilines is 1. The molecule has 3 rings (SSSR count). The molecule has 1 heterocycles.